The van der Waals surface area contributed by atoms with E-state index >= 15 is 0 Å². The summed E-state index contributed by atoms with van der Waals surface area (Å²) in [5, 5.41) is 6.37. The van der Waals surface area contributed by atoms with Gasteiger partial charge in [-0.1, -0.05) is 42.7 Å². The number of alkyl carbamates (subject to hydrolysis) is 1. The van der Waals surface area contributed by atoms with Crippen LogP contribution in [0.3, 0.4) is 0 Å². The molecule has 1 saturated heterocycles. The van der Waals surface area contributed by atoms with E-state index in [1.165, 1.54) is 11.0 Å². The van der Waals surface area contributed by atoms with Crippen LogP contribution < -0.4 is 24.8 Å². The number of methoxy groups -OCH3 is 1. The average molecular weight is 838 g/mol. The fourth-order valence-corrected chi connectivity index (χ4v) is 11.1. The number of carbonyl (C=O) groups is 4. The van der Waals surface area contributed by atoms with Crippen LogP contribution in [-0.4, -0.2) is 90.9 Å². The number of rotatable bonds is 8. The van der Waals surface area contributed by atoms with Crippen molar-refractivity contribution in [1.82, 2.24) is 25.2 Å². The Balaban J connectivity index is 1.16. The first-order valence-corrected chi connectivity index (χ1v) is 22.6. The third kappa shape index (κ3) is 8.12. The van der Waals surface area contributed by atoms with Gasteiger partial charge in [-0.3, -0.25) is 19.1 Å². The van der Waals surface area contributed by atoms with Gasteiger partial charge in [0.1, 0.15) is 35.6 Å². The molecule has 4 saturated carbocycles. The number of benzene rings is 1. The molecule has 2 aromatic rings. The third-order valence-corrected chi connectivity index (χ3v) is 15.0. The minimum Gasteiger partial charge on any atom is -0.496 e. The molecule has 0 unspecified atom stereocenters. The first-order valence-electron chi connectivity index (χ1n) is 20.7. The topological polar surface area (TPSA) is 182 Å². The highest BCUT2D eigenvalue weighted by Gasteiger charge is 2.62. The first kappa shape index (κ1) is 40.4. The summed E-state index contributed by atoms with van der Waals surface area (Å²) in [5.41, 5.74) is -0.320. The van der Waals surface area contributed by atoms with Crippen molar-refractivity contribution in [2.45, 2.75) is 125 Å². The molecule has 0 spiro atoms. The number of nitrogens with zero attached hydrogens (tertiary/aromatic N) is 2. The van der Waals surface area contributed by atoms with E-state index in [0.29, 0.717) is 54.0 Å². The molecule has 2 bridgehead atoms. The molecule has 4 aliphatic carbocycles. The van der Waals surface area contributed by atoms with Crippen molar-refractivity contribution < 1.29 is 41.8 Å². The van der Waals surface area contributed by atoms with Gasteiger partial charge in [0.25, 0.3) is 5.91 Å². The average Bonchev–Trinajstić information content (AvgIpc) is 3.98. The number of nitrogens with one attached hydrogen (secondary N) is 3. The molecule has 58 heavy (non-hydrogen) atoms. The lowest BCUT2D eigenvalue weighted by Crippen LogP contribution is -2.59. The third-order valence-electron chi connectivity index (χ3n) is 13.0. The van der Waals surface area contributed by atoms with E-state index in [1.54, 1.807) is 19.2 Å². The molecule has 1 aromatic carbocycles. The summed E-state index contributed by atoms with van der Waals surface area (Å²) in [6.07, 6.45) is 12.9. The maximum atomic E-state index is 14.9. The summed E-state index contributed by atoms with van der Waals surface area (Å²) in [7, 11) is -2.32. The molecule has 3 heterocycles. The molecule has 14 nitrogen and oxygen atoms in total. The summed E-state index contributed by atoms with van der Waals surface area (Å²) in [6, 6.07) is 3.23. The Morgan fingerprint density at radius 3 is 2.55 bits per heavy atom. The Hall–Kier alpha value is -4.37. The van der Waals surface area contributed by atoms with Crippen LogP contribution >= 0.6 is 11.6 Å². The van der Waals surface area contributed by atoms with Gasteiger partial charge in [0.2, 0.25) is 27.7 Å². The minimum absolute atomic E-state index is 0.0207. The molecule has 5 fully saturated rings. The summed E-state index contributed by atoms with van der Waals surface area (Å²) >= 11 is 6.41. The number of amides is 4. The number of carbonyl (C=O) groups excluding carboxylic acids is 4. The standard InChI is InChI=1S/C42H52ClN5O9S/c1-3-26-22-42(26,40(51)47-58(53,54)29-17-18-29)46-37(49)33-21-28-23-48(33)39(50)35(25-11-7-8-12-25)45-41(52)57-34-15-9-13-24(34)10-5-4-6-14-31-36(55-2)30-19-16-27(43)20-32(30)44-38(31)56-28/h3-4,6,16,19-20,24-26,28-29,33-35H,1,5,7-15,17-18,21-23H2,2H3,(H,45,52)(H,46,49)(H,47,51)/b6-4+/t24-,26-,28-,33+,34-,35+,42-/m1/s1. The molecular weight excluding hydrogens is 786 g/mol. The number of aromatic nitrogens is 1. The second kappa shape index (κ2) is 16.4. The van der Waals surface area contributed by atoms with Crippen molar-refractivity contribution >= 4 is 56.3 Å². The van der Waals surface area contributed by atoms with Gasteiger partial charge < -0.3 is 29.7 Å². The maximum absolute atomic E-state index is 14.9. The molecule has 7 atom stereocenters. The Morgan fingerprint density at radius 1 is 1.05 bits per heavy atom. The second-order valence-corrected chi connectivity index (χ2v) is 19.2. The van der Waals surface area contributed by atoms with Crippen LogP contribution in [0.2, 0.25) is 5.02 Å². The number of fused-ring (bicyclic) bond motifs is 5. The number of allylic oxidation sites excluding steroid dienone is 2. The van der Waals surface area contributed by atoms with Crippen molar-refractivity contribution in [3.63, 3.8) is 0 Å². The lowest BCUT2D eigenvalue weighted by Gasteiger charge is -2.32. The van der Waals surface area contributed by atoms with Crippen LogP contribution in [0.5, 0.6) is 11.6 Å². The summed E-state index contributed by atoms with van der Waals surface area (Å²) < 4.78 is 46.5. The van der Waals surface area contributed by atoms with Crippen molar-refractivity contribution in [2.24, 2.45) is 17.8 Å². The van der Waals surface area contributed by atoms with Crippen LogP contribution in [-0.2, 0) is 35.6 Å². The van der Waals surface area contributed by atoms with Gasteiger partial charge in [0.15, 0.2) is 0 Å². The monoisotopic (exact) mass is 837 g/mol. The van der Waals surface area contributed by atoms with E-state index in [-0.39, 0.29) is 43.2 Å². The van der Waals surface area contributed by atoms with Crippen molar-refractivity contribution in [2.75, 3.05) is 13.7 Å². The van der Waals surface area contributed by atoms with Gasteiger partial charge in [-0.15, -0.1) is 6.58 Å². The number of hydrogen-bond acceptors (Lipinski definition) is 10. The number of sulfonamides is 1. The van der Waals surface area contributed by atoms with E-state index in [4.69, 9.17) is 30.8 Å². The predicted molar refractivity (Wildman–Crippen MR) is 216 cm³/mol. The van der Waals surface area contributed by atoms with Gasteiger partial charge in [0.05, 0.1) is 30.0 Å². The van der Waals surface area contributed by atoms with Crippen LogP contribution in [0.4, 0.5) is 4.79 Å². The molecule has 6 aliphatic rings. The number of halogens is 1. The summed E-state index contributed by atoms with van der Waals surface area (Å²) in [5.74, 6) is -1.62. The molecule has 4 amide bonds. The number of hydrogen-bond donors (Lipinski definition) is 3. The molecular formula is C42H52ClN5O9S. The van der Waals surface area contributed by atoms with Gasteiger partial charge >= 0.3 is 6.09 Å². The largest absolute Gasteiger partial charge is 0.496 e. The maximum Gasteiger partial charge on any atom is 0.408 e. The quantitative estimate of drug-likeness (QED) is 0.297. The van der Waals surface area contributed by atoms with Gasteiger partial charge in [-0.2, -0.15) is 0 Å². The van der Waals surface area contributed by atoms with E-state index in [2.05, 4.69) is 28.0 Å². The number of pyridine rings is 1. The first-order chi connectivity index (χ1) is 27.9. The van der Waals surface area contributed by atoms with Crippen LogP contribution in [0.25, 0.3) is 10.9 Å². The van der Waals surface area contributed by atoms with Crippen molar-refractivity contribution in [3.05, 3.63) is 53.6 Å². The molecule has 0 radical (unpaired) electrons. The molecule has 16 heteroatoms. The lowest BCUT2D eigenvalue weighted by atomic mass is 9.96. The van der Waals surface area contributed by atoms with E-state index in [9.17, 15) is 27.6 Å². The van der Waals surface area contributed by atoms with Crippen molar-refractivity contribution in [3.8, 4) is 11.6 Å². The zero-order chi connectivity index (χ0) is 40.8. The second-order valence-electron chi connectivity index (χ2n) is 16.8. The fraction of sp³-hybridized carbons (Fsp3) is 0.595. The van der Waals surface area contributed by atoms with Crippen LogP contribution in [0, 0.1) is 17.8 Å². The van der Waals surface area contributed by atoms with Gasteiger partial charge in [-0.05, 0) is 101 Å². The summed E-state index contributed by atoms with van der Waals surface area (Å²) in [4.78, 5) is 63.1. The Kier molecular flexibility index (Phi) is 11.4. The SMILES string of the molecule is C=C[C@@H]1C[C@]1(NC(=O)[C@@H]1C[C@@H]2CN1C(=O)[C@H](C1CCCC1)NC(=O)O[C@@H]1CCC[C@H]1CC/C=C/Cc1c(nc3cc(Cl)ccc3c1OC)O2)C(=O)NS(=O)(=O)C1CC1. The van der Waals surface area contributed by atoms with Gasteiger partial charge in [0, 0.05) is 22.7 Å². The van der Waals surface area contributed by atoms with Gasteiger partial charge in [-0.25, -0.2) is 18.2 Å². The fourth-order valence-electron chi connectivity index (χ4n) is 9.56. The van der Waals surface area contributed by atoms with Crippen LogP contribution in [0.1, 0.15) is 89.0 Å². The predicted octanol–water partition coefficient (Wildman–Crippen LogP) is 5.26. The normalized spacial score (nSPS) is 31.1. The molecule has 312 valence electrons. The molecule has 8 rings (SSSR count). The Bertz CT molecular complexity index is 2120. The highest BCUT2D eigenvalue weighted by atomic mass is 35.5. The lowest BCUT2D eigenvalue weighted by molar-refractivity contribution is -0.142. The highest BCUT2D eigenvalue weighted by molar-refractivity contribution is 7.91. The Morgan fingerprint density at radius 2 is 1.83 bits per heavy atom. The van der Waals surface area contributed by atoms with E-state index in [1.807, 2.05) is 12.1 Å². The molecule has 2 aliphatic heterocycles. The minimum atomic E-state index is -3.91. The Labute approximate surface area is 343 Å². The molecule has 1 aromatic heterocycles. The zero-order valence-corrected chi connectivity index (χ0v) is 34.3. The van der Waals surface area contributed by atoms with E-state index < -0.39 is 68.7 Å². The smallest absolute Gasteiger partial charge is 0.408 e. The number of ether oxygens (including phenoxy) is 3. The molecule has 3 N–H and O–H groups in total. The highest BCUT2D eigenvalue weighted by Crippen LogP contribution is 2.46. The summed E-state index contributed by atoms with van der Waals surface area (Å²) in [6.45, 7) is 3.78. The van der Waals surface area contributed by atoms with E-state index in [0.717, 1.165) is 50.3 Å². The zero-order valence-electron chi connectivity index (χ0n) is 32.8. The van der Waals surface area contributed by atoms with Crippen molar-refractivity contribution in [1.29, 1.82) is 0 Å². The van der Waals surface area contributed by atoms with Crippen LogP contribution in [0.15, 0.2) is 43.0 Å².